The summed E-state index contributed by atoms with van der Waals surface area (Å²) in [5, 5.41) is 2.97. The minimum atomic E-state index is -0.484. The summed E-state index contributed by atoms with van der Waals surface area (Å²) in [6.45, 7) is 8.47. The fourth-order valence-electron chi connectivity index (χ4n) is 1.31. The molecule has 11 heavy (non-hydrogen) atoms. The van der Waals surface area contributed by atoms with Crippen LogP contribution < -0.4 is 0 Å². The highest BCUT2D eigenvalue weighted by Crippen LogP contribution is 2.09. The SMILES string of the molecule is C=[CH][Al]([CH2]CCC)[CH2]CCC. The lowest BCUT2D eigenvalue weighted by Gasteiger charge is -2.03. The third kappa shape index (κ3) is 6.66. The van der Waals surface area contributed by atoms with Gasteiger partial charge in [0.05, 0.1) is 0 Å². The van der Waals surface area contributed by atoms with Crippen molar-refractivity contribution in [3.05, 3.63) is 11.5 Å². The molecule has 0 aliphatic rings. The van der Waals surface area contributed by atoms with Crippen LogP contribution in [0, 0.1) is 0 Å². The second kappa shape index (κ2) is 8.37. The first-order valence-electron chi connectivity index (χ1n) is 4.97. The van der Waals surface area contributed by atoms with Gasteiger partial charge in [0.15, 0.2) is 0 Å². The van der Waals surface area contributed by atoms with Gasteiger partial charge in [-0.3, -0.25) is 0 Å². The summed E-state index contributed by atoms with van der Waals surface area (Å²) in [6, 6.07) is 0. The maximum Gasteiger partial charge on any atom is 0.293 e. The predicted octanol–water partition coefficient (Wildman–Crippen LogP) is 3.81. The average molecular weight is 168 g/mol. The van der Waals surface area contributed by atoms with E-state index in [0.29, 0.717) is 0 Å². The van der Waals surface area contributed by atoms with Crippen molar-refractivity contribution in [1.82, 2.24) is 0 Å². The Bertz CT molecular complexity index is 80.9. The van der Waals surface area contributed by atoms with Gasteiger partial charge in [0.25, 0.3) is 14.1 Å². The van der Waals surface area contributed by atoms with E-state index in [1.807, 2.05) is 0 Å². The van der Waals surface area contributed by atoms with Gasteiger partial charge >= 0.3 is 0 Å². The summed E-state index contributed by atoms with van der Waals surface area (Å²) in [5.41, 5.74) is 0. The zero-order valence-corrected chi connectivity index (χ0v) is 9.26. The Kier molecular flexibility index (Phi) is 8.58. The Morgan fingerprint density at radius 1 is 1.09 bits per heavy atom. The van der Waals surface area contributed by atoms with E-state index < -0.39 is 14.1 Å². The predicted molar refractivity (Wildman–Crippen MR) is 55.4 cm³/mol. The zero-order chi connectivity index (χ0) is 8.53. The van der Waals surface area contributed by atoms with Crippen LogP contribution in [0.3, 0.4) is 0 Å². The molecule has 0 aliphatic carbocycles. The van der Waals surface area contributed by atoms with Crippen molar-refractivity contribution in [2.24, 2.45) is 0 Å². The van der Waals surface area contributed by atoms with E-state index in [1.165, 1.54) is 36.2 Å². The molecule has 0 N–H and O–H groups in total. The van der Waals surface area contributed by atoms with Gasteiger partial charge in [0.1, 0.15) is 0 Å². The van der Waals surface area contributed by atoms with Crippen molar-refractivity contribution in [3.63, 3.8) is 0 Å². The van der Waals surface area contributed by atoms with E-state index in [2.05, 4.69) is 25.4 Å². The second-order valence-corrected chi connectivity index (χ2v) is 6.43. The van der Waals surface area contributed by atoms with Crippen molar-refractivity contribution >= 4 is 14.1 Å². The lowest BCUT2D eigenvalue weighted by Crippen LogP contribution is -2.07. The first-order chi connectivity index (χ1) is 5.35. The lowest BCUT2D eigenvalue weighted by atomic mass is 10.4. The molecule has 0 aromatic heterocycles. The van der Waals surface area contributed by atoms with Crippen LogP contribution >= 0.6 is 0 Å². The summed E-state index contributed by atoms with van der Waals surface area (Å²) in [5.74, 6) is 0. The second-order valence-electron chi connectivity index (χ2n) is 3.28. The number of unbranched alkanes of at least 4 members (excludes halogenated alkanes) is 2. The van der Waals surface area contributed by atoms with Crippen LogP contribution in [0.1, 0.15) is 39.5 Å². The molecule has 0 spiro atoms. The van der Waals surface area contributed by atoms with E-state index in [9.17, 15) is 0 Å². The molecule has 1 heteroatoms. The Balaban J connectivity index is 3.33. The average Bonchev–Trinajstić information content (AvgIpc) is 2.05. The zero-order valence-electron chi connectivity index (χ0n) is 8.10. The number of hydrogen-bond donors (Lipinski definition) is 0. The standard InChI is InChI=1S/2C4H9.C2H3.Al/c2*1-3-4-2;1-2;/h2*1,3-4H2,2H3;1H,2H2;. The van der Waals surface area contributed by atoms with Crippen LogP contribution in [-0.2, 0) is 0 Å². The molecular formula is C10H21Al. The third-order valence-corrected chi connectivity index (χ3v) is 5.16. The summed E-state index contributed by atoms with van der Waals surface area (Å²) in [6.07, 6.45) is 5.55. The molecule has 0 atom stereocenters. The molecule has 0 saturated heterocycles. The molecular weight excluding hydrogens is 147 g/mol. The molecule has 0 heterocycles. The normalized spacial score (nSPS) is 9.64. The smallest absolute Gasteiger partial charge is 0.151 e. The van der Waals surface area contributed by atoms with Gasteiger partial charge in [-0.2, -0.15) is 4.94 Å². The third-order valence-electron chi connectivity index (χ3n) is 2.19. The quantitative estimate of drug-likeness (QED) is 0.507. The van der Waals surface area contributed by atoms with Crippen molar-refractivity contribution in [3.8, 4) is 0 Å². The minimum absolute atomic E-state index is 0.484. The summed E-state index contributed by atoms with van der Waals surface area (Å²) < 4.78 is 0. The molecule has 0 radical (unpaired) electrons. The highest BCUT2D eigenvalue weighted by atomic mass is 27.2. The van der Waals surface area contributed by atoms with E-state index in [0.717, 1.165) is 0 Å². The van der Waals surface area contributed by atoms with Gasteiger partial charge in [-0.15, -0.1) is 6.58 Å². The monoisotopic (exact) mass is 168 g/mol. The Hall–Kier alpha value is 0.272. The van der Waals surface area contributed by atoms with Gasteiger partial charge in [-0.1, -0.05) is 50.1 Å². The van der Waals surface area contributed by atoms with Gasteiger partial charge < -0.3 is 0 Å². The molecule has 0 bridgehead atoms. The van der Waals surface area contributed by atoms with E-state index in [1.54, 1.807) is 0 Å². The summed E-state index contributed by atoms with van der Waals surface area (Å²) >= 11 is -0.484. The Morgan fingerprint density at radius 3 is 1.82 bits per heavy atom. The van der Waals surface area contributed by atoms with Crippen LogP contribution in [0.5, 0.6) is 0 Å². The Morgan fingerprint density at radius 2 is 1.55 bits per heavy atom. The molecule has 0 aromatic carbocycles. The minimum Gasteiger partial charge on any atom is -0.151 e. The summed E-state index contributed by atoms with van der Waals surface area (Å²) in [4.78, 5) is 2.27. The largest absolute Gasteiger partial charge is 0.293 e. The molecule has 0 aliphatic heterocycles. The van der Waals surface area contributed by atoms with Crippen molar-refractivity contribution in [1.29, 1.82) is 0 Å². The molecule has 0 aromatic rings. The fourth-order valence-corrected chi connectivity index (χ4v) is 3.94. The van der Waals surface area contributed by atoms with Gasteiger partial charge in [0.2, 0.25) is 0 Å². The number of rotatable bonds is 7. The molecule has 64 valence electrons. The molecule has 0 amide bonds. The Labute approximate surface area is 76.1 Å². The molecule has 0 unspecified atom stereocenters. The van der Waals surface area contributed by atoms with E-state index >= 15 is 0 Å². The van der Waals surface area contributed by atoms with E-state index in [4.69, 9.17) is 0 Å². The van der Waals surface area contributed by atoms with Crippen LogP contribution in [0.2, 0.25) is 10.6 Å². The van der Waals surface area contributed by atoms with Crippen LogP contribution in [-0.4, -0.2) is 14.1 Å². The maximum atomic E-state index is 3.93. The van der Waals surface area contributed by atoms with Crippen LogP contribution in [0.4, 0.5) is 0 Å². The van der Waals surface area contributed by atoms with Crippen LogP contribution in [0.15, 0.2) is 11.5 Å². The lowest BCUT2D eigenvalue weighted by molar-refractivity contribution is 0.845. The van der Waals surface area contributed by atoms with Crippen molar-refractivity contribution in [2.75, 3.05) is 0 Å². The van der Waals surface area contributed by atoms with Gasteiger partial charge in [-0.25, -0.2) is 0 Å². The van der Waals surface area contributed by atoms with E-state index in [-0.39, 0.29) is 0 Å². The highest BCUT2D eigenvalue weighted by Gasteiger charge is 2.09. The number of hydrogen-bond acceptors (Lipinski definition) is 0. The molecule has 0 rings (SSSR count). The fraction of sp³-hybridized carbons (Fsp3) is 0.800. The first-order valence-corrected chi connectivity index (χ1v) is 7.27. The van der Waals surface area contributed by atoms with Crippen molar-refractivity contribution < 1.29 is 0 Å². The van der Waals surface area contributed by atoms with Gasteiger partial charge in [-0.05, 0) is 0 Å². The summed E-state index contributed by atoms with van der Waals surface area (Å²) in [7, 11) is 0. The first kappa shape index (κ1) is 11.3. The molecule has 0 fully saturated rings. The maximum absolute atomic E-state index is 3.93. The van der Waals surface area contributed by atoms with Crippen LogP contribution in [0.25, 0.3) is 0 Å². The molecule has 0 saturated carbocycles. The highest BCUT2D eigenvalue weighted by molar-refractivity contribution is 6.64. The van der Waals surface area contributed by atoms with Gasteiger partial charge in [0, 0.05) is 0 Å². The van der Waals surface area contributed by atoms with Crippen molar-refractivity contribution in [2.45, 2.75) is 50.1 Å². The molecule has 0 nitrogen and oxygen atoms in total. The topological polar surface area (TPSA) is 0 Å².